The Kier molecular flexibility index (Phi) is 6.60. The van der Waals surface area contributed by atoms with Gasteiger partial charge in [0.15, 0.2) is 9.84 Å². The van der Waals surface area contributed by atoms with E-state index >= 15 is 0 Å². The lowest BCUT2D eigenvalue weighted by molar-refractivity contribution is 0.112. The highest BCUT2D eigenvalue weighted by Crippen LogP contribution is 2.45. The maximum atomic E-state index is 14.2. The van der Waals surface area contributed by atoms with Gasteiger partial charge in [-0.15, -0.1) is 0 Å². The Hall–Kier alpha value is -2.32. The second kappa shape index (κ2) is 9.14. The number of aromatic nitrogens is 1. The Morgan fingerprint density at radius 1 is 1.24 bits per heavy atom. The summed E-state index contributed by atoms with van der Waals surface area (Å²) < 4.78 is 45.7. The predicted octanol–water partition coefficient (Wildman–Crippen LogP) is 3.81. The molecular weight excluding hydrogens is 443 g/mol. The van der Waals surface area contributed by atoms with Gasteiger partial charge in [0.2, 0.25) is 0 Å². The molecule has 178 valence electrons. The summed E-state index contributed by atoms with van der Waals surface area (Å²) in [5.74, 6) is -0.325. The zero-order chi connectivity index (χ0) is 23.9. The minimum atomic E-state index is -3.13. The first-order valence-corrected chi connectivity index (χ1v) is 13.2. The molecule has 2 aliphatic carbocycles. The lowest BCUT2D eigenvalue weighted by Crippen LogP contribution is -2.31. The molecule has 1 aliphatic heterocycles. The zero-order valence-corrected chi connectivity index (χ0v) is 20.3. The number of ether oxygens (including phenoxy) is 1. The van der Waals surface area contributed by atoms with Crippen LogP contribution in [-0.2, 0) is 21.6 Å². The molecule has 1 aromatic rings. The zero-order valence-electron chi connectivity index (χ0n) is 19.5. The van der Waals surface area contributed by atoms with Gasteiger partial charge in [0.1, 0.15) is 11.9 Å². The Balaban J connectivity index is 1.83. The summed E-state index contributed by atoms with van der Waals surface area (Å²) in [6.07, 6.45) is 9.52. The normalized spacial score (nSPS) is 29.4. The van der Waals surface area contributed by atoms with E-state index in [0.717, 1.165) is 22.4 Å². The van der Waals surface area contributed by atoms with Crippen LogP contribution in [0.1, 0.15) is 49.8 Å². The highest BCUT2D eigenvalue weighted by molar-refractivity contribution is 7.91. The number of allylic oxidation sites excluding steroid dienone is 4. The minimum Gasteiger partial charge on any atom is -0.374 e. The van der Waals surface area contributed by atoms with E-state index in [1.807, 2.05) is 19.2 Å². The van der Waals surface area contributed by atoms with Crippen LogP contribution >= 0.6 is 0 Å². The molecule has 6 nitrogen and oxygen atoms in total. The number of aryl methyl sites for hydroxylation is 1. The van der Waals surface area contributed by atoms with Crippen molar-refractivity contribution in [3.8, 4) is 0 Å². The van der Waals surface area contributed by atoms with E-state index in [9.17, 15) is 17.6 Å². The van der Waals surface area contributed by atoms with Crippen molar-refractivity contribution in [2.24, 2.45) is 23.9 Å². The maximum Gasteiger partial charge on any atom is 0.250 e. The van der Waals surface area contributed by atoms with E-state index < -0.39 is 15.9 Å². The topological polar surface area (TPSA) is 77.7 Å². The van der Waals surface area contributed by atoms with Crippen molar-refractivity contribution in [3.05, 3.63) is 69.4 Å². The van der Waals surface area contributed by atoms with Gasteiger partial charge >= 0.3 is 0 Å². The molecule has 5 atom stereocenters. The molecule has 0 N–H and O–H groups in total. The van der Waals surface area contributed by atoms with Crippen molar-refractivity contribution in [1.82, 2.24) is 4.57 Å². The highest BCUT2D eigenvalue weighted by Gasteiger charge is 2.39. The third-order valence-electron chi connectivity index (χ3n) is 7.05. The van der Waals surface area contributed by atoms with E-state index in [0.29, 0.717) is 12.8 Å². The fourth-order valence-electron chi connectivity index (χ4n) is 5.17. The molecule has 4 unspecified atom stereocenters. The minimum absolute atomic E-state index is 0.0322. The van der Waals surface area contributed by atoms with Gasteiger partial charge in [-0.3, -0.25) is 9.79 Å². The molecule has 0 saturated heterocycles. The number of sulfone groups is 1. The van der Waals surface area contributed by atoms with Gasteiger partial charge in [-0.1, -0.05) is 25.2 Å². The summed E-state index contributed by atoms with van der Waals surface area (Å²) in [6.45, 7) is 3.63. The summed E-state index contributed by atoms with van der Waals surface area (Å²) >= 11 is 0. The van der Waals surface area contributed by atoms with Crippen molar-refractivity contribution in [1.29, 1.82) is 0 Å². The molecular formula is C25H31FN2O4S. The number of fused-ring (bicyclic) bond motifs is 3. The molecule has 8 heteroatoms. The van der Waals surface area contributed by atoms with Gasteiger partial charge < -0.3 is 9.30 Å². The molecule has 4 rings (SSSR count). The van der Waals surface area contributed by atoms with Crippen LogP contribution in [0.2, 0.25) is 0 Å². The van der Waals surface area contributed by atoms with Gasteiger partial charge in [0, 0.05) is 50.2 Å². The van der Waals surface area contributed by atoms with Gasteiger partial charge in [0.25, 0.3) is 5.56 Å². The number of hydrogen-bond donors (Lipinski definition) is 0. The Morgan fingerprint density at radius 3 is 2.70 bits per heavy atom. The summed E-state index contributed by atoms with van der Waals surface area (Å²) in [4.78, 5) is 17.5. The van der Waals surface area contributed by atoms with E-state index in [-0.39, 0.29) is 46.7 Å². The van der Waals surface area contributed by atoms with Crippen LogP contribution in [0.3, 0.4) is 0 Å². The Bertz CT molecular complexity index is 1230. The fraction of sp³-hybridized carbons (Fsp3) is 0.520. The van der Waals surface area contributed by atoms with Crippen LogP contribution in [0.4, 0.5) is 4.39 Å². The lowest BCUT2D eigenvalue weighted by Gasteiger charge is -2.34. The second-order valence-corrected chi connectivity index (χ2v) is 11.6. The molecule has 0 fully saturated rings. The van der Waals surface area contributed by atoms with Crippen molar-refractivity contribution in [2.75, 3.05) is 18.6 Å². The quantitative estimate of drug-likeness (QED) is 0.608. The number of methoxy groups -OCH3 is 1. The summed E-state index contributed by atoms with van der Waals surface area (Å²) in [5.41, 5.74) is 3.56. The third-order valence-corrected chi connectivity index (χ3v) is 8.87. The lowest BCUT2D eigenvalue weighted by atomic mass is 9.71. The maximum absolute atomic E-state index is 14.2. The standard InChI is InChI=1S/C25H31FN2O4S/c1-5-33(30,31)14-16-6-8-18-20(10-16)21-13-28(3)24(29)12-19(21)15(2)27-25(18)17-7-9-22(26)23(11-17)32-4/h6-9,12-13,15-16,18,20,23H,5,10-11,14H2,1-4H3/t15-,16?,18?,20?,23?/m0/s1. The molecule has 3 aliphatic rings. The van der Waals surface area contributed by atoms with Crippen LogP contribution in [0, 0.1) is 11.8 Å². The summed E-state index contributed by atoms with van der Waals surface area (Å²) in [6, 6.07) is 1.39. The number of rotatable bonds is 5. The van der Waals surface area contributed by atoms with Crippen LogP contribution in [-0.4, -0.2) is 43.4 Å². The molecule has 0 spiro atoms. The van der Waals surface area contributed by atoms with Gasteiger partial charge in [-0.05, 0) is 48.0 Å². The number of aliphatic imine (C=N–C) groups is 1. The number of pyridine rings is 1. The average Bonchev–Trinajstić information content (AvgIpc) is 2.89. The van der Waals surface area contributed by atoms with E-state index in [1.165, 1.54) is 13.2 Å². The van der Waals surface area contributed by atoms with E-state index in [1.54, 1.807) is 30.7 Å². The first-order chi connectivity index (χ1) is 15.6. The third kappa shape index (κ3) is 4.68. The number of hydrogen-bond acceptors (Lipinski definition) is 5. The van der Waals surface area contributed by atoms with Gasteiger partial charge in [0.05, 0.1) is 11.8 Å². The first kappa shape index (κ1) is 23.8. The molecule has 2 heterocycles. The average molecular weight is 475 g/mol. The molecule has 0 radical (unpaired) electrons. The molecule has 0 aromatic carbocycles. The number of halogens is 1. The van der Waals surface area contributed by atoms with Crippen molar-refractivity contribution in [3.63, 3.8) is 0 Å². The number of nitrogens with zero attached hydrogens (tertiary/aromatic N) is 2. The SMILES string of the molecule is CCS(=O)(=O)CC1C=CC2C(C3=CC=C(F)C(OC)C3)=N[C@@H](C)c3cc(=O)n(C)cc3C2C1. The van der Waals surface area contributed by atoms with E-state index in [4.69, 9.17) is 9.73 Å². The Morgan fingerprint density at radius 2 is 2.00 bits per heavy atom. The molecule has 1 aromatic heterocycles. The van der Waals surface area contributed by atoms with Gasteiger partial charge in [-0.2, -0.15) is 0 Å². The second-order valence-electron chi connectivity index (χ2n) is 9.21. The van der Waals surface area contributed by atoms with Crippen LogP contribution in [0.15, 0.2) is 57.8 Å². The highest BCUT2D eigenvalue weighted by atomic mass is 32.2. The first-order valence-electron chi connectivity index (χ1n) is 11.4. The molecule has 0 saturated carbocycles. The molecule has 0 amide bonds. The Labute approximate surface area is 194 Å². The van der Waals surface area contributed by atoms with Crippen molar-refractivity contribution < 1.29 is 17.5 Å². The van der Waals surface area contributed by atoms with Crippen LogP contribution < -0.4 is 5.56 Å². The van der Waals surface area contributed by atoms with Crippen LogP contribution in [0.25, 0.3) is 0 Å². The predicted molar refractivity (Wildman–Crippen MR) is 128 cm³/mol. The molecule has 0 bridgehead atoms. The van der Waals surface area contributed by atoms with Crippen molar-refractivity contribution >= 4 is 15.5 Å². The summed E-state index contributed by atoms with van der Waals surface area (Å²) in [5, 5.41) is 0. The fourth-order valence-corrected chi connectivity index (χ4v) is 6.30. The van der Waals surface area contributed by atoms with Gasteiger partial charge in [-0.25, -0.2) is 12.8 Å². The largest absolute Gasteiger partial charge is 0.374 e. The van der Waals surface area contributed by atoms with Crippen LogP contribution in [0.5, 0.6) is 0 Å². The monoisotopic (exact) mass is 474 g/mol. The smallest absolute Gasteiger partial charge is 0.250 e. The van der Waals surface area contributed by atoms with E-state index in [2.05, 4.69) is 6.08 Å². The summed E-state index contributed by atoms with van der Waals surface area (Å²) in [7, 11) is 0.0876. The van der Waals surface area contributed by atoms with Crippen molar-refractivity contribution in [2.45, 2.75) is 44.8 Å². The molecule has 33 heavy (non-hydrogen) atoms.